The predicted octanol–water partition coefficient (Wildman–Crippen LogP) is 5.00. The molecule has 0 unspecified atom stereocenters. The molecule has 0 spiro atoms. The quantitative estimate of drug-likeness (QED) is 0.190. The number of hydrazone groups is 1. The average Bonchev–Trinajstić information content (AvgIpc) is 3.18. The van der Waals surface area contributed by atoms with Crippen molar-refractivity contribution < 1.29 is 14.3 Å². The third-order valence-electron chi connectivity index (χ3n) is 5.29. The van der Waals surface area contributed by atoms with E-state index in [4.69, 9.17) is 9.47 Å². The molecule has 0 bridgehead atoms. The Balaban J connectivity index is 1.47. The number of amides is 1. The number of halogens is 1. The van der Waals surface area contributed by atoms with Crippen LogP contribution < -0.4 is 14.9 Å². The lowest BCUT2D eigenvalue weighted by molar-refractivity contribution is -0.120. The minimum Gasteiger partial charge on any atom is -0.493 e. The summed E-state index contributed by atoms with van der Waals surface area (Å²) in [7, 11) is 3.15. The molecule has 1 heterocycles. The molecule has 0 fully saturated rings. The number of rotatable bonds is 8. The highest BCUT2D eigenvalue weighted by Gasteiger charge is 2.09. The molecule has 1 aromatic heterocycles. The van der Waals surface area contributed by atoms with E-state index in [0.29, 0.717) is 11.5 Å². The molecule has 4 rings (SSSR count). The van der Waals surface area contributed by atoms with Gasteiger partial charge in [-0.25, -0.2) is 5.43 Å². The van der Waals surface area contributed by atoms with Gasteiger partial charge >= 0.3 is 0 Å². The Morgan fingerprint density at radius 3 is 2.48 bits per heavy atom. The second-order valence-corrected chi connectivity index (χ2v) is 8.76. The minimum absolute atomic E-state index is 0.187. The summed E-state index contributed by atoms with van der Waals surface area (Å²) in [5.74, 6) is 1.01. The highest BCUT2D eigenvalue weighted by Crippen LogP contribution is 2.27. The number of nitrogens with zero attached hydrogens (tertiary/aromatic N) is 2. The van der Waals surface area contributed by atoms with Crippen molar-refractivity contribution in [2.24, 2.45) is 5.10 Å². The van der Waals surface area contributed by atoms with Gasteiger partial charge in [0.15, 0.2) is 11.5 Å². The smallest absolute Gasteiger partial charge is 0.244 e. The monoisotopic (exact) mass is 553 g/mol. The topological polar surface area (TPSA) is 64.8 Å². The summed E-state index contributed by atoms with van der Waals surface area (Å²) < 4.78 is 14.0. The van der Waals surface area contributed by atoms with Crippen LogP contribution in [-0.4, -0.2) is 30.9 Å². The summed E-state index contributed by atoms with van der Waals surface area (Å²) in [4.78, 5) is 12.4. The minimum atomic E-state index is -0.207. The molecule has 0 aliphatic carbocycles. The number of hydrogen-bond acceptors (Lipinski definition) is 4. The van der Waals surface area contributed by atoms with Crippen LogP contribution in [0.25, 0.3) is 10.9 Å². The molecule has 4 aromatic rings. The number of aromatic nitrogens is 1. The van der Waals surface area contributed by atoms with Gasteiger partial charge in [0.2, 0.25) is 5.91 Å². The molecular weight excluding hydrogens is 529 g/mol. The van der Waals surface area contributed by atoms with Gasteiger partial charge in [0.1, 0.15) is 0 Å². The van der Waals surface area contributed by atoms with Crippen molar-refractivity contribution in [3.05, 3.63) is 93.2 Å². The van der Waals surface area contributed by atoms with Crippen LogP contribution in [0.4, 0.5) is 0 Å². The zero-order chi connectivity index (χ0) is 23.2. The first-order valence-corrected chi connectivity index (χ1v) is 11.5. The van der Waals surface area contributed by atoms with Crippen LogP contribution in [-0.2, 0) is 17.8 Å². The number of benzene rings is 3. The van der Waals surface area contributed by atoms with E-state index in [9.17, 15) is 4.79 Å². The summed E-state index contributed by atoms with van der Waals surface area (Å²) in [5, 5.41) is 5.29. The Kier molecular flexibility index (Phi) is 7.29. The predicted molar refractivity (Wildman–Crippen MR) is 139 cm³/mol. The first-order valence-electron chi connectivity index (χ1n) is 10.4. The van der Waals surface area contributed by atoms with Crippen LogP contribution in [0.15, 0.2) is 78.0 Å². The van der Waals surface area contributed by atoms with E-state index in [0.717, 1.165) is 28.6 Å². The first kappa shape index (κ1) is 22.8. The van der Waals surface area contributed by atoms with Gasteiger partial charge in [0, 0.05) is 32.8 Å². The Bertz CT molecular complexity index is 1300. The molecule has 33 heavy (non-hydrogen) atoms. The molecule has 0 saturated heterocycles. The number of methoxy groups -OCH3 is 2. The van der Waals surface area contributed by atoms with Crippen molar-refractivity contribution in [2.75, 3.05) is 14.2 Å². The number of carbonyl (C=O) groups is 1. The molecule has 7 heteroatoms. The molecule has 0 atom stereocenters. The highest BCUT2D eigenvalue weighted by atomic mass is 127. The van der Waals surface area contributed by atoms with Gasteiger partial charge in [-0.2, -0.15) is 5.10 Å². The summed E-state index contributed by atoms with van der Waals surface area (Å²) in [5.41, 5.74) is 6.73. The van der Waals surface area contributed by atoms with Gasteiger partial charge in [-0.1, -0.05) is 36.4 Å². The van der Waals surface area contributed by atoms with E-state index in [2.05, 4.69) is 80.3 Å². The fraction of sp³-hybridized carbons (Fsp3) is 0.154. The van der Waals surface area contributed by atoms with Crippen LogP contribution in [0.2, 0.25) is 0 Å². The summed E-state index contributed by atoms with van der Waals surface area (Å²) in [6, 6.07) is 22.1. The summed E-state index contributed by atoms with van der Waals surface area (Å²) in [6.07, 6.45) is 3.94. The lowest BCUT2D eigenvalue weighted by Gasteiger charge is -2.09. The van der Waals surface area contributed by atoms with Gasteiger partial charge in [0.05, 0.1) is 26.9 Å². The molecule has 0 radical (unpaired) electrons. The zero-order valence-corrected chi connectivity index (χ0v) is 20.6. The van der Waals surface area contributed by atoms with E-state index in [1.54, 1.807) is 32.6 Å². The van der Waals surface area contributed by atoms with Crippen molar-refractivity contribution >= 4 is 45.6 Å². The fourth-order valence-corrected chi connectivity index (χ4v) is 4.04. The van der Waals surface area contributed by atoms with E-state index in [1.165, 1.54) is 9.13 Å². The molecule has 168 valence electrons. The molecule has 0 aliphatic heterocycles. The third kappa shape index (κ3) is 5.54. The van der Waals surface area contributed by atoms with Crippen LogP contribution in [0.5, 0.6) is 11.5 Å². The molecule has 6 nitrogen and oxygen atoms in total. The maximum Gasteiger partial charge on any atom is 0.244 e. The maximum absolute atomic E-state index is 12.4. The van der Waals surface area contributed by atoms with Crippen molar-refractivity contribution in [2.45, 2.75) is 13.0 Å². The molecule has 0 saturated carbocycles. The lowest BCUT2D eigenvalue weighted by Crippen LogP contribution is -2.19. The van der Waals surface area contributed by atoms with Crippen molar-refractivity contribution in [3.8, 4) is 11.5 Å². The van der Waals surface area contributed by atoms with E-state index in [-0.39, 0.29) is 12.3 Å². The number of fused-ring (bicyclic) bond motifs is 1. The van der Waals surface area contributed by atoms with Crippen molar-refractivity contribution in [1.82, 2.24) is 9.99 Å². The van der Waals surface area contributed by atoms with Gasteiger partial charge in [-0.15, -0.1) is 0 Å². The van der Waals surface area contributed by atoms with Crippen LogP contribution >= 0.6 is 22.6 Å². The largest absolute Gasteiger partial charge is 0.493 e. The first-order chi connectivity index (χ1) is 16.1. The van der Waals surface area contributed by atoms with E-state index in [1.807, 2.05) is 18.2 Å². The number of ether oxygens (including phenoxy) is 2. The number of nitrogens with one attached hydrogen (secondary N) is 1. The van der Waals surface area contributed by atoms with Gasteiger partial charge in [0.25, 0.3) is 0 Å². The normalized spacial score (nSPS) is 11.1. The standard InChI is InChI=1S/C26H24IN3O3/c1-32-24-12-9-19(13-25(24)33-2)14-26(31)29-28-15-20-17-30(23-6-4-3-5-22(20)23)16-18-7-10-21(27)11-8-18/h3-13,15,17H,14,16H2,1-2H3,(H,29,31)/b28-15-. The van der Waals surface area contributed by atoms with E-state index >= 15 is 0 Å². The van der Waals surface area contributed by atoms with Crippen molar-refractivity contribution in [3.63, 3.8) is 0 Å². The molecular formula is C26H24IN3O3. The third-order valence-corrected chi connectivity index (χ3v) is 6.01. The SMILES string of the molecule is COc1ccc(CC(=O)N/N=C\c2cn(Cc3ccc(I)cc3)c3ccccc23)cc1OC. The Morgan fingerprint density at radius 2 is 1.73 bits per heavy atom. The maximum atomic E-state index is 12.4. The van der Waals surface area contributed by atoms with E-state index < -0.39 is 0 Å². The van der Waals surface area contributed by atoms with Crippen molar-refractivity contribution in [1.29, 1.82) is 0 Å². The number of hydrogen-bond donors (Lipinski definition) is 1. The van der Waals surface area contributed by atoms with Gasteiger partial charge < -0.3 is 14.0 Å². The highest BCUT2D eigenvalue weighted by molar-refractivity contribution is 14.1. The lowest BCUT2D eigenvalue weighted by atomic mass is 10.1. The second kappa shape index (κ2) is 10.5. The Hall–Kier alpha value is -3.33. The second-order valence-electron chi connectivity index (χ2n) is 7.52. The molecule has 3 aromatic carbocycles. The number of carbonyl (C=O) groups excluding carboxylic acids is 1. The molecule has 0 aliphatic rings. The van der Waals surface area contributed by atoms with Crippen LogP contribution in [0.3, 0.4) is 0 Å². The van der Waals surface area contributed by atoms with Gasteiger partial charge in [-0.05, 0) is 64.0 Å². The average molecular weight is 553 g/mol. The fourth-order valence-electron chi connectivity index (χ4n) is 3.68. The number of para-hydroxylation sites is 1. The Morgan fingerprint density at radius 1 is 1.00 bits per heavy atom. The zero-order valence-electron chi connectivity index (χ0n) is 18.4. The van der Waals surface area contributed by atoms with Crippen LogP contribution in [0.1, 0.15) is 16.7 Å². The summed E-state index contributed by atoms with van der Waals surface area (Å²) >= 11 is 2.31. The van der Waals surface area contributed by atoms with Crippen LogP contribution in [0, 0.1) is 3.57 Å². The summed E-state index contributed by atoms with van der Waals surface area (Å²) in [6.45, 7) is 0.761. The van der Waals surface area contributed by atoms with Gasteiger partial charge in [-0.3, -0.25) is 4.79 Å². The molecule has 1 N–H and O–H groups in total. The Labute approximate surface area is 206 Å². The molecule has 1 amide bonds.